The summed E-state index contributed by atoms with van der Waals surface area (Å²) in [6, 6.07) is 11.2. The molecule has 0 saturated heterocycles. The Morgan fingerprint density at radius 1 is 1.32 bits per heavy atom. The van der Waals surface area contributed by atoms with Crippen molar-refractivity contribution in [3.05, 3.63) is 46.6 Å². The maximum absolute atomic E-state index is 9.27. The minimum absolute atomic E-state index is 0.370. The van der Waals surface area contributed by atoms with Crippen LogP contribution < -0.4 is 10.5 Å². The lowest BCUT2D eigenvalue weighted by Crippen LogP contribution is -2.12. The van der Waals surface area contributed by atoms with Crippen LogP contribution in [-0.4, -0.2) is 24.4 Å². The van der Waals surface area contributed by atoms with E-state index in [-0.39, 0.29) is 0 Å². The lowest BCUT2D eigenvalue weighted by molar-refractivity contribution is 0.107. The first-order valence-corrected chi connectivity index (χ1v) is 7.38. The number of nitrogens with two attached hydrogens (primary N) is 1. The molecule has 1 aromatic carbocycles. The Bertz CT molecular complexity index is 677. The van der Waals surface area contributed by atoms with Crippen LogP contribution in [0.4, 0.5) is 5.69 Å². The second kappa shape index (κ2) is 7.74. The molecule has 0 bridgehead atoms. The van der Waals surface area contributed by atoms with Gasteiger partial charge in [-0.25, -0.2) is 0 Å². The number of ether oxygens (including phenoxy) is 2. The van der Waals surface area contributed by atoms with E-state index >= 15 is 0 Å². The number of nitrogens with zero attached hydrogens (tertiary/aromatic N) is 2. The van der Waals surface area contributed by atoms with Crippen LogP contribution >= 0.6 is 11.6 Å². The van der Waals surface area contributed by atoms with Crippen LogP contribution in [0.3, 0.4) is 0 Å². The molecular formula is C16H18ClN3O2. The highest BCUT2D eigenvalue weighted by molar-refractivity contribution is 6.31. The van der Waals surface area contributed by atoms with E-state index in [4.69, 9.17) is 26.8 Å². The van der Waals surface area contributed by atoms with Crippen molar-refractivity contribution in [1.29, 1.82) is 5.26 Å². The molecule has 116 valence electrons. The molecule has 0 radical (unpaired) electrons. The van der Waals surface area contributed by atoms with E-state index in [0.717, 1.165) is 5.56 Å². The number of benzene rings is 1. The van der Waals surface area contributed by atoms with Crippen molar-refractivity contribution in [1.82, 2.24) is 4.57 Å². The maximum atomic E-state index is 9.27. The number of anilines is 1. The van der Waals surface area contributed by atoms with Gasteiger partial charge in [0.05, 0.1) is 18.8 Å². The van der Waals surface area contributed by atoms with E-state index in [1.54, 1.807) is 10.6 Å². The molecule has 2 rings (SSSR count). The summed E-state index contributed by atoms with van der Waals surface area (Å²) in [7, 11) is 0. The Kier molecular flexibility index (Phi) is 5.70. The molecule has 0 fully saturated rings. The minimum Gasteiger partial charge on any atom is -0.475 e. The Hall–Kier alpha value is -2.16. The first-order chi connectivity index (χ1) is 10.7. The van der Waals surface area contributed by atoms with Gasteiger partial charge in [-0.15, -0.1) is 0 Å². The predicted molar refractivity (Wildman–Crippen MR) is 86.1 cm³/mol. The Morgan fingerprint density at radius 3 is 2.77 bits per heavy atom. The molecule has 0 atom stereocenters. The Morgan fingerprint density at radius 2 is 2.09 bits per heavy atom. The van der Waals surface area contributed by atoms with Gasteiger partial charge in [-0.3, -0.25) is 4.57 Å². The van der Waals surface area contributed by atoms with Crippen molar-refractivity contribution in [3.8, 4) is 11.9 Å². The van der Waals surface area contributed by atoms with Crippen LogP contribution in [0.2, 0.25) is 5.02 Å². The van der Waals surface area contributed by atoms with Gasteiger partial charge in [-0.1, -0.05) is 29.8 Å². The summed E-state index contributed by atoms with van der Waals surface area (Å²) < 4.78 is 12.7. The van der Waals surface area contributed by atoms with Crippen molar-refractivity contribution in [2.75, 3.05) is 25.6 Å². The van der Waals surface area contributed by atoms with Crippen LogP contribution in [0.25, 0.3) is 0 Å². The van der Waals surface area contributed by atoms with E-state index in [1.165, 1.54) is 0 Å². The smallest absolute Gasteiger partial charge is 0.218 e. The molecule has 0 amide bonds. The first-order valence-electron chi connectivity index (χ1n) is 7.00. The van der Waals surface area contributed by atoms with Gasteiger partial charge in [-0.2, -0.15) is 5.26 Å². The number of halogens is 1. The molecule has 0 aliphatic rings. The molecule has 0 spiro atoms. The molecule has 0 saturated carbocycles. The van der Waals surface area contributed by atoms with Crippen LogP contribution in [0.5, 0.6) is 5.88 Å². The van der Waals surface area contributed by atoms with Crippen molar-refractivity contribution in [2.45, 2.75) is 13.5 Å². The highest BCUT2D eigenvalue weighted by Gasteiger charge is 2.15. The lowest BCUT2D eigenvalue weighted by atomic mass is 10.2. The van der Waals surface area contributed by atoms with Crippen LogP contribution in [0.1, 0.15) is 18.2 Å². The summed E-state index contributed by atoms with van der Waals surface area (Å²) in [6.07, 6.45) is 0. The molecule has 2 aromatic rings. The summed E-state index contributed by atoms with van der Waals surface area (Å²) in [5, 5.41) is 9.91. The summed E-state index contributed by atoms with van der Waals surface area (Å²) in [4.78, 5) is 0. The molecule has 22 heavy (non-hydrogen) atoms. The maximum Gasteiger partial charge on any atom is 0.218 e. The average molecular weight is 320 g/mol. The van der Waals surface area contributed by atoms with Gasteiger partial charge < -0.3 is 15.2 Å². The van der Waals surface area contributed by atoms with Gasteiger partial charge in [0.1, 0.15) is 18.4 Å². The molecule has 1 aromatic heterocycles. The predicted octanol–water partition coefficient (Wildman–Crippen LogP) is 3.06. The molecule has 0 aliphatic heterocycles. The molecule has 1 heterocycles. The van der Waals surface area contributed by atoms with E-state index in [1.807, 2.05) is 31.2 Å². The molecule has 0 unspecified atom stereocenters. The fourth-order valence-electron chi connectivity index (χ4n) is 2.10. The molecule has 2 N–H and O–H groups in total. The van der Waals surface area contributed by atoms with E-state index < -0.39 is 0 Å². The number of rotatable bonds is 7. The van der Waals surface area contributed by atoms with Gasteiger partial charge in [0.25, 0.3) is 0 Å². The summed E-state index contributed by atoms with van der Waals surface area (Å²) in [5.74, 6) is 0.469. The monoisotopic (exact) mass is 319 g/mol. The second-order valence-corrected chi connectivity index (χ2v) is 5.03. The Balaban J connectivity index is 2.25. The average Bonchev–Trinajstić information content (AvgIpc) is 2.82. The number of hydrogen-bond acceptors (Lipinski definition) is 4. The van der Waals surface area contributed by atoms with Crippen molar-refractivity contribution in [2.24, 2.45) is 0 Å². The zero-order valence-corrected chi connectivity index (χ0v) is 13.1. The molecule has 0 aliphatic carbocycles. The van der Waals surface area contributed by atoms with Crippen LogP contribution in [-0.2, 0) is 11.3 Å². The molecule has 6 heteroatoms. The topological polar surface area (TPSA) is 73.2 Å². The fraction of sp³-hybridized carbons (Fsp3) is 0.312. The fourth-order valence-corrected chi connectivity index (χ4v) is 2.30. The standard InChI is InChI=1S/C16H18ClN3O2/c1-2-21-7-8-22-16-15(19)9-13(10-18)20(16)11-12-5-3-4-6-14(12)17/h3-6,9H,2,7-8,11,19H2,1H3. The van der Waals surface area contributed by atoms with Gasteiger partial charge in [0.2, 0.25) is 5.88 Å². The van der Waals surface area contributed by atoms with Gasteiger partial charge in [-0.05, 0) is 18.6 Å². The second-order valence-electron chi connectivity index (χ2n) is 4.62. The number of hydrogen-bond donors (Lipinski definition) is 1. The third-order valence-corrected chi connectivity index (χ3v) is 3.52. The quantitative estimate of drug-likeness (QED) is 0.796. The summed E-state index contributed by atoms with van der Waals surface area (Å²) >= 11 is 6.19. The SMILES string of the molecule is CCOCCOc1c(N)cc(C#N)n1Cc1ccccc1Cl. The number of nitrogen functional groups attached to an aromatic ring is 1. The highest BCUT2D eigenvalue weighted by Crippen LogP contribution is 2.29. The van der Waals surface area contributed by atoms with Gasteiger partial charge in [0, 0.05) is 17.7 Å². The normalized spacial score (nSPS) is 10.4. The largest absolute Gasteiger partial charge is 0.475 e. The Labute approximate surface area is 134 Å². The third-order valence-electron chi connectivity index (χ3n) is 3.15. The van der Waals surface area contributed by atoms with Crippen LogP contribution in [0.15, 0.2) is 30.3 Å². The molecular weight excluding hydrogens is 302 g/mol. The van der Waals surface area contributed by atoms with Crippen molar-refractivity contribution < 1.29 is 9.47 Å². The van der Waals surface area contributed by atoms with Crippen molar-refractivity contribution >= 4 is 17.3 Å². The van der Waals surface area contributed by atoms with E-state index in [0.29, 0.717) is 48.6 Å². The van der Waals surface area contributed by atoms with Gasteiger partial charge in [0.15, 0.2) is 0 Å². The zero-order valence-electron chi connectivity index (χ0n) is 12.4. The minimum atomic E-state index is 0.370. The number of aromatic nitrogens is 1. The van der Waals surface area contributed by atoms with Gasteiger partial charge >= 0.3 is 0 Å². The van der Waals surface area contributed by atoms with Crippen molar-refractivity contribution in [3.63, 3.8) is 0 Å². The lowest BCUT2D eigenvalue weighted by Gasteiger charge is -2.13. The first kappa shape index (κ1) is 16.2. The number of nitriles is 1. The van der Waals surface area contributed by atoms with E-state index in [2.05, 4.69) is 6.07 Å². The van der Waals surface area contributed by atoms with Crippen LogP contribution in [0, 0.1) is 11.3 Å². The third kappa shape index (κ3) is 3.73. The summed E-state index contributed by atoms with van der Waals surface area (Å²) in [6.45, 7) is 3.81. The zero-order chi connectivity index (χ0) is 15.9. The van der Waals surface area contributed by atoms with E-state index in [9.17, 15) is 5.26 Å². The summed E-state index contributed by atoms with van der Waals surface area (Å²) in [5.41, 5.74) is 7.71. The molecule has 5 nitrogen and oxygen atoms in total. The highest BCUT2D eigenvalue weighted by atomic mass is 35.5.